The lowest BCUT2D eigenvalue weighted by molar-refractivity contribution is -0.301. The summed E-state index contributed by atoms with van der Waals surface area (Å²) in [5.74, 6) is 0.977. The number of likely N-dealkylation sites (tertiary alicyclic amines) is 1. The van der Waals surface area contributed by atoms with Crippen LogP contribution in [0.3, 0.4) is 0 Å². The van der Waals surface area contributed by atoms with E-state index in [4.69, 9.17) is 9.47 Å². The van der Waals surface area contributed by atoms with E-state index in [1.807, 2.05) is 20.1 Å². The first-order valence-corrected chi connectivity index (χ1v) is 11.8. The van der Waals surface area contributed by atoms with Gasteiger partial charge in [-0.05, 0) is 70.7 Å². The molecular formula is C25H36ClNO4. The van der Waals surface area contributed by atoms with Crippen molar-refractivity contribution in [1.29, 1.82) is 0 Å². The number of piperidine rings is 1. The predicted molar refractivity (Wildman–Crippen MR) is 121 cm³/mol. The summed E-state index contributed by atoms with van der Waals surface area (Å²) < 4.78 is 13.2. The van der Waals surface area contributed by atoms with Gasteiger partial charge in [-0.15, -0.1) is 12.4 Å². The lowest BCUT2D eigenvalue weighted by Gasteiger charge is -2.74. The minimum Gasteiger partial charge on any atom is -0.504 e. The van der Waals surface area contributed by atoms with Crippen LogP contribution in [0.5, 0.6) is 11.5 Å². The second kappa shape index (κ2) is 6.53. The molecule has 0 aromatic heterocycles. The van der Waals surface area contributed by atoms with Crippen molar-refractivity contribution in [3.63, 3.8) is 0 Å². The van der Waals surface area contributed by atoms with Gasteiger partial charge in [0.15, 0.2) is 11.5 Å². The van der Waals surface area contributed by atoms with Crippen LogP contribution in [0, 0.1) is 11.3 Å². The Hall–Kier alpha value is -1.01. The van der Waals surface area contributed by atoms with Crippen LogP contribution in [0.2, 0.25) is 0 Å². The highest BCUT2D eigenvalue weighted by molar-refractivity contribution is 5.85. The number of ether oxygens (including phenoxy) is 2. The number of rotatable bonds is 4. The van der Waals surface area contributed by atoms with Crippen molar-refractivity contribution in [3.05, 3.63) is 23.3 Å². The minimum absolute atomic E-state index is 0. The van der Waals surface area contributed by atoms with E-state index >= 15 is 0 Å². The van der Waals surface area contributed by atoms with E-state index < -0.39 is 11.2 Å². The van der Waals surface area contributed by atoms with Gasteiger partial charge in [0.05, 0.1) is 5.60 Å². The van der Waals surface area contributed by atoms with Crippen LogP contribution < -0.4 is 4.74 Å². The lowest BCUT2D eigenvalue weighted by atomic mass is 9.33. The summed E-state index contributed by atoms with van der Waals surface area (Å²) >= 11 is 0. The monoisotopic (exact) mass is 449 g/mol. The molecule has 6 heteroatoms. The van der Waals surface area contributed by atoms with Crippen LogP contribution in [0.1, 0.15) is 63.5 Å². The number of methoxy groups -OCH3 is 1. The number of likely N-dealkylation sites (N-methyl/N-ethyl adjacent to an activating group) is 1. The molecule has 3 saturated carbocycles. The first-order valence-electron chi connectivity index (χ1n) is 11.8. The van der Waals surface area contributed by atoms with Crippen molar-refractivity contribution < 1.29 is 19.7 Å². The summed E-state index contributed by atoms with van der Waals surface area (Å²) in [4.78, 5) is 2.56. The molecule has 2 heterocycles. The van der Waals surface area contributed by atoms with E-state index in [1.165, 1.54) is 11.1 Å². The molecule has 172 valence electrons. The second-order valence-electron chi connectivity index (χ2n) is 11.0. The minimum atomic E-state index is -0.798. The van der Waals surface area contributed by atoms with E-state index in [9.17, 15) is 10.2 Å². The van der Waals surface area contributed by atoms with Gasteiger partial charge in [0.1, 0.15) is 11.7 Å². The molecule has 0 amide bonds. The standard InChI is InChI=1S/C25H35NO4.ClH/c1-5-8-22(2,28)17-14-23-9-10-25(17,29-4)21-24(23)11-12-26(3)18(23)13-15-6-7-16(27)20(30-21)19(15)24;/h6-7,17-18,21,27-28H,5,8-14H2,1-4H3;1H/t17?,18-,21-,22-,23?,24+,25?;/m1./s1. The predicted octanol–water partition coefficient (Wildman–Crippen LogP) is 3.81. The number of hydrogen-bond donors (Lipinski definition) is 2. The van der Waals surface area contributed by atoms with Crippen LogP contribution in [0.25, 0.3) is 0 Å². The fourth-order valence-electron chi connectivity index (χ4n) is 9.09. The van der Waals surface area contributed by atoms with Crippen molar-refractivity contribution in [2.24, 2.45) is 11.3 Å². The normalized spacial score (nSPS) is 43.6. The highest BCUT2D eigenvalue weighted by atomic mass is 35.5. The molecule has 0 radical (unpaired) electrons. The number of halogens is 1. The van der Waals surface area contributed by atoms with Crippen LogP contribution in [-0.4, -0.2) is 59.2 Å². The first-order chi connectivity index (χ1) is 14.3. The number of phenols is 1. The van der Waals surface area contributed by atoms with Crippen LogP contribution in [-0.2, 0) is 16.6 Å². The molecule has 1 saturated heterocycles. The molecule has 2 spiro atoms. The van der Waals surface area contributed by atoms with Crippen molar-refractivity contribution >= 4 is 12.4 Å². The molecule has 4 aliphatic carbocycles. The Balaban J connectivity index is 0.00000204. The molecule has 1 aromatic rings. The van der Waals surface area contributed by atoms with Crippen molar-refractivity contribution in [3.8, 4) is 11.5 Å². The number of aliphatic hydroxyl groups is 1. The molecule has 7 rings (SSSR count). The molecule has 2 N–H and O–H groups in total. The Morgan fingerprint density at radius 1 is 1.29 bits per heavy atom. The Bertz CT molecular complexity index is 921. The van der Waals surface area contributed by atoms with Gasteiger partial charge < -0.3 is 24.6 Å². The second-order valence-corrected chi connectivity index (χ2v) is 11.0. The number of fused-ring (bicyclic) bond motifs is 2. The van der Waals surface area contributed by atoms with Gasteiger partial charge >= 0.3 is 0 Å². The van der Waals surface area contributed by atoms with Crippen LogP contribution in [0.15, 0.2) is 12.1 Å². The van der Waals surface area contributed by atoms with Gasteiger partial charge in [-0.1, -0.05) is 19.4 Å². The molecule has 2 aliphatic heterocycles. The highest BCUT2D eigenvalue weighted by Crippen LogP contribution is 2.77. The molecule has 7 atom stereocenters. The maximum atomic E-state index is 11.7. The molecule has 6 aliphatic rings. The summed E-state index contributed by atoms with van der Waals surface area (Å²) in [6.45, 7) is 5.19. The van der Waals surface area contributed by atoms with E-state index in [0.717, 1.165) is 51.5 Å². The molecular weight excluding hydrogens is 414 g/mol. The first kappa shape index (κ1) is 21.8. The average molecular weight is 450 g/mol. The fourth-order valence-corrected chi connectivity index (χ4v) is 9.09. The maximum Gasteiger partial charge on any atom is 0.165 e. The topological polar surface area (TPSA) is 62.2 Å². The van der Waals surface area contributed by atoms with E-state index in [0.29, 0.717) is 11.8 Å². The number of phenolic OH excluding ortho intramolecular Hbond substituents is 1. The fraction of sp³-hybridized carbons (Fsp3) is 0.760. The van der Waals surface area contributed by atoms with Crippen LogP contribution >= 0.6 is 12.4 Å². The van der Waals surface area contributed by atoms with Crippen molar-refractivity contribution in [2.75, 3.05) is 20.7 Å². The summed E-state index contributed by atoms with van der Waals surface area (Å²) in [6, 6.07) is 4.37. The maximum absolute atomic E-state index is 11.7. The van der Waals surface area contributed by atoms with Gasteiger partial charge in [0, 0.05) is 35.5 Å². The van der Waals surface area contributed by atoms with Gasteiger partial charge in [-0.2, -0.15) is 0 Å². The van der Waals surface area contributed by atoms with E-state index in [2.05, 4.69) is 24.9 Å². The zero-order valence-corrected chi connectivity index (χ0v) is 19.9. The molecule has 5 nitrogen and oxygen atoms in total. The number of hydrogen-bond acceptors (Lipinski definition) is 5. The van der Waals surface area contributed by atoms with Crippen molar-refractivity contribution in [1.82, 2.24) is 4.90 Å². The lowest BCUT2D eigenvalue weighted by Crippen LogP contribution is -2.82. The third kappa shape index (κ3) is 2.20. The number of aromatic hydroxyl groups is 1. The van der Waals surface area contributed by atoms with Gasteiger partial charge in [-0.25, -0.2) is 0 Å². The zero-order chi connectivity index (χ0) is 21.1. The van der Waals surface area contributed by atoms with Gasteiger partial charge in [0.2, 0.25) is 0 Å². The van der Waals surface area contributed by atoms with E-state index in [-0.39, 0.29) is 41.0 Å². The summed E-state index contributed by atoms with van der Waals surface area (Å²) in [7, 11) is 4.09. The molecule has 4 bridgehead atoms. The summed E-state index contributed by atoms with van der Waals surface area (Å²) in [6.07, 6.45) is 6.57. The average Bonchev–Trinajstić information content (AvgIpc) is 3.09. The summed E-state index contributed by atoms with van der Waals surface area (Å²) in [5.41, 5.74) is 1.21. The Morgan fingerprint density at radius 3 is 2.77 bits per heavy atom. The Kier molecular flexibility index (Phi) is 4.59. The number of nitrogens with zero attached hydrogens (tertiary/aromatic N) is 1. The number of benzene rings is 1. The van der Waals surface area contributed by atoms with Gasteiger partial charge in [0.25, 0.3) is 0 Å². The smallest absolute Gasteiger partial charge is 0.165 e. The van der Waals surface area contributed by atoms with E-state index in [1.54, 1.807) is 0 Å². The molecule has 31 heavy (non-hydrogen) atoms. The van der Waals surface area contributed by atoms with Gasteiger partial charge in [-0.3, -0.25) is 0 Å². The quantitative estimate of drug-likeness (QED) is 0.731. The molecule has 4 fully saturated rings. The Morgan fingerprint density at radius 2 is 2.06 bits per heavy atom. The zero-order valence-electron chi connectivity index (χ0n) is 19.1. The Labute approximate surface area is 191 Å². The van der Waals surface area contributed by atoms with Crippen LogP contribution in [0.4, 0.5) is 0 Å². The third-order valence-electron chi connectivity index (χ3n) is 10.1. The van der Waals surface area contributed by atoms with Crippen molar-refractivity contribution in [2.45, 2.75) is 87.6 Å². The summed E-state index contributed by atoms with van der Waals surface area (Å²) in [5, 5.41) is 22.5. The molecule has 1 aromatic carbocycles. The highest BCUT2D eigenvalue weighted by Gasteiger charge is 2.81. The largest absolute Gasteiger partial charge is 0.504 e. The SMILES string of the molecule is CCC[C@@](C)(O)C1CC23CCC1(OC)[C@@H]1Oc4c(O)ccc5c4[C@@]12CCN(C)[C@@H]3C5.Cl. The molecule has 3 unspecified atom stereocenters. The third-order valence-corrected chi connectivity index (χ3v) is 10.1.